The van der Waals surface area contributed by atoms with Crippen molar-refractivity contribution in [3.05, 3.63) is 107 Å². The first-order valence-corrected chi connectivity index (χ1v) is 14.6. The molecule has 0 atom stereocenters. The molecule has 12 heteroatoms. The van der Waals surface area contributed by atoms with Crippen LogP contribution in [0.15, 0.2) is 83.3 Å². The van der Waals surface area contributed by atoms with Crippen molar-refractivity contribution in [3.63, 3.8) is 0 Å². The predicted octanol–water partition coefficient (Wildman–Crippen LogP) is 7.84. The summed E-state index contributed by atoms with van der Waals surface area (Å²) in [5.41, 5.74) is 1.35. The van der Waals surface area contributed by atoms with Gasteiger partial charge in [-0.3, -0.25) is 14.4 Å². The highest BCUT2D eigenvalue weighted by Gasteiger charge is 2.19. The van der Waals surface area contributed by atoms with E-state index in [0.29, 0.717) is 25.5 Å². The Kier molecular flexibility index (Phi) is 11.6. The van der Waals surface area contributed by atoms with Crippen LogP contribution < -0.4 is 15.4 Å². The summed E-state index contributed by atoms with van der Waals surface area (Å²) in [5, 5.41) is 25.0. The third-order valence-electron chi connectivity index (χ3n) is 4.95. The SMILES string of the molecule is CC(=O)Oc1c(I)cc(I)cc1C(=O)Nc1ccc(Cl)cc1.O=C(Nc1ccc(Br)cc1)c1c(O)cccc1O. The second-order valence-corrected chi connectivity index (χ2v) is 11.7. The lowest BCUT2D eigenvalue weighted by Gasteiger charge is -2.12. The minimum absolute atomic E-state index is 0.139. The Morgan fingerprint density at radius 1 is 0.825 bits per heavy atom. The number of rotatable bonds is 5. The first-order chi connectivity index (χ1) is 18.9. The molecular weight excluding hydrogens is 829 g/mol. The number of carbonyl (C=O) groups excluding carboxylic acids is 3. The van der Waals surface area contributed by atoms with Gasteiger partial charge in [-0.15, -0.1) is 0 Å². The van der Waals surface area contributed by atoms with Gasteiger partial charge >= 0.3 is 5.97 Å². The molecule has 4 aromatic carbocycles. The molecule has 4 rings (SSSR count). The van der Waals surface area contributed by atoms with E-state index in [4.69, 9.17) is 16.3 Å². The lowest BCUT2D eigenvalue weighted by molar-refractivity contribution is -0.131. The number of aromatic hydroxyl groups is 2. The summed E-state index contributed by atoms with van der Waals surface area (Å²) >= 11 is 13.2. The monoisotopic (exact) mass is 848 g/mol. The van der Waals surface area contributed by atoms with Crippen molar-refractivity contribution in [2.45, 2.75) is 6.92 Å². The van der Waals surface area contributed by atoms with Crippen LogP contribution >= 0.6 is 72.7 Å². The minimum atomic E-state index is -0.562. The Bertz CT molecular complexity index is 1530. The molecule has 4 N–H and O–H groups in total. The Morgan fingerprint density at radius 3 is 1.90 bits per heavy atom. The number of hydrogen-bond donors (Lipinski definition) is 4. The molecule has 0 unspecified atom stereocenters. The number of halogens is 4. The van der Waals surface area contributed by atoms with Crippen LogP contribution in [0.2, 0.25) is 5.02 Å². The number of phenolic OH excluding ortho intramolecular Hbond substituents is 2. The number of benzene rings is 4. The number of esters is 1. The van der Waals surface area contributed by atoms with Crippen molar-refractivity contribution in [1.29, 1.82) is 0 Å². The summed E-state index contributed by atoms with van der Waals surface area (Å²) in [5.74, 6) is -1.64. The molecule has 0 spiro atoms. The Morgan fingerprint density at radius 2 is 1.35 bits per heavy atom. The zero-order valence-electron chi connectivity index (χ0n) is 20.5. The van der Waals surface area contributed by atoms with Gasteiger partial charge in [0.1, 0.15) is 17.1 Å². The van der Waals surface area contributed by atoms with Gasteiger partial charge in [0, 0.05) is 31.4 Å². The van der Waals surface area contributed by atoms with Crippen LogP contribution in [0.1, 0.15) is 27.6 Å². The van der Waals surface area contributed by atoms with Gasteiger partial charge in [-0.05, 0) is 118 Å². The third kappa shape index (κ3) is 9.08. The van der Waals surface area contributed by atoms with Gasteiger partial charge in [0.05, 0.1) is 9.13 Å². The van der Waals surface area contributed by atoms with Gasteiger partial charge in [-0.1, -0.05) is 33.6 Å². The molecule has 206 valence electrons. The fourth-order valence-corrected chi connectivity index (χ4v) is 5.54. The van der Waals surface area contributed by atoms with E-state index in [9.17, 15) is 24.6 Å². The van der Waals surface area contributed by atoms with Crippen molar-refractivity contribution in [1.82, 2.24) is 0 Å². The Hall–Kier alpha value is -2.88. The molecule has 0 heterocycles. The van der Waals surface area contributed by atoms with Gasteiger partial charge in [0.15, 0.2) is 5.75 Å². The second-order valence-electron chi connectivity index (χ2n) is 7.95. The molecule has 2 amide bonds. The number of carbonyl (C=O) groups is 3. The van der Waals surface area contributed by atoms with E-state index >= 15 is 0 Å². The van der Waals surface area contributed by atoms with Gasteiger partial charge in [0.2, 0.25) is 0 Å². The fraction of sp³-hybridized carbons (Fsp3) is 0.0357. The van der Waals surface area contributed by atoms with Gasteiger partial charge in [-0.25, -0.2) is 0 Å². The van der Waals surface area contributed by atoms with E-state index in [2.05, 4.69) is 49.2 Å². The van der Waals surface area contributed by atoms with Crippen molar-refractivity contribution in [3.8, 4) is 17.2 Å². The zero-order valence-corrected chi connectivity index (χ0v) is 27.2. The average Bonchev–Trinajstić information content (AvgIpc) is 2.88. The first kappa shape index (κ1) is 31.6. The zero-order chi connectivity index (χ0) is 29.4. The maximum atomic E-state index is 12.5. The standard InChI is InChI=1S/C15H10ClI2NO3.C13H10BrNO3/c1-8(20)22-14-12(6-10(17)7-13(14)18)15(21)19-11-4-2-9(16)3-5-11;14-8-4-6-9(7-5-8)15-13(18)12-10(16)2-1-3-11(12)17/h2-7H,1H3,(H,19,21);1-7,16-17H,(H,15,18). The minimum Gasteiger partial charge on any atom is -0.507 e. The number of phenols is 2. The average molecular weight is 850 g/mol. The maximum Gasteiger partial charge on any atom is 0.308 e. The highest BCUT2D eigenvalue weighted by molar-refractivity contribution is 14.1. The normalized spacial score (nSPS) is 10.1. The molecule has 4 aromatic rings. The van der Waals surface area contributed by atoms with E-state index < -0.39 is 11.9 Å². The largest absolute Gasteiger partial charge is 0.507 e. The van der Waals surface area contributed by atoms with Crippen LogP contribution in [0.4, 0.5) is 11.4 Å². The molecule has 0 saturated heterocycles. The van der Waals surface area contributed by atoms with Gasteiger partial charge in [-0.2, -0.15) is 0 Å². The van der Waals surface area contributed by atoms with Gasteiger partial charge < -0.3 is 25.6 Å². The molecule has 0 bridgehead atoms. The molecule has 0 radical (unpaired) electrons. The number of amides is 2. The van der Waals surface area contributed by atoms with E-state index in [1.165, 1.54) is 25.1 Å². The van der Waals surface area contributed by atoms with Crippen molar-refractivity contribution in [2.75, 3.05) is 10.6 Å². The Balaban J connectivity index is 0.000000225. The molecule has 0 aliphatic carbocycles. The molecule has 40 heavy (non-hydrogen) atoms. The van der Waals surface area contributed by atoms with Gasteiger partial charge in [0.25, 0.3) is 11.8 Å². The Labute approximate surface area is 270 Å². The highest BCUT2D eigenvalue weighted by atomic mass is 127. The summed E-state index contributed by atoms with van der Waals surface area (Å²) in [6.07, 6.45) is 0. The van der Waals surface area contributed by atoms with E-state index in [1.54, 1.807) is 54.6 Å². The summed E-state index contributed by atoms with van der Waals surface area (Å²) in [4.78, 5) is 35.6. The topological polar surface area (TPSA) is 125 Å². The maximum absolute atomic E-state index is 12.5. The summed E-state index contributed by atoms with van der Waals surface area (Å²) in [7, 11) is 0. The summed E-state index contributed by atoms with van der Waals surface area (Å²) < 4.78 is 7.64. The number of ether oxygens (including phenoxy) is 1. The van der Waals surface area contributed by atoms with Crippen LogP contribution in [0.3, 0.4) is 0 Å². The van der Waals surface area contributed by atoms with Crippen molar-refractivity contribution in [2.24, 2.45) is 0 Å². The molecule has 0 saturated carbocycles. The molecule has 0 aromatic heterocycles. The van der Waals surface area contributed by atoms with Crippen LogP contribution in [0.5, 0.6) is 17.2 Å². The van der Waals surface area contributed by atoms with Crippen LogP contribution in [0.25, 0.3) is 0 Å². The lowest BCUT2D eigenvalue weighted by atomic mass is 10.1. The number of nitrogens with one attached hydrogen (secondary N) is 2. The first-order valence-electron chi connectivity index (χ1n) is 11.3. The predicted molar refractivity (Wildman–Crippen MR) is 174 cm³/mol. The smallest absolute Gasteiger partial charge is 0.308 e. The molecular formula is C28H20BrClI2N2O6. The second kappa shape index (κ2) is 14.7. The highest BCUT2D eigenvalue weighted by Crippen LogP contribution is 2.30. The van der Waals surface area contributed by atoms with Crippen LogP contribution in [-0.2, 0) is 4.79 Å². The molecule has 0 fully saturated rings. The fourth-order valence-electron chi connectivity index (χ4n) is 3.20. The van der Waals surface area contributed by atoms with E-state index in [0.717, 1.165) is 8.04 Å². The number of hydrogen-bond acceptors (Lipinski definition) is 6. The third-order valence-corrected chi connectivity index (χ3v) is 7.16. The molecule has 0 aliphatic heterocycles. The summed E-state index contributed by atoms with van der Waals surface area (Å²) in [6.45, 7) is 1.30. The molecule has 0 aliphatic rings. The molecule has 8 nitrogen and oxygen atoms in total. The van der Waals surface area contributed by atoms with Crippen molar-refractivity contribution < 1.29 is 29.3 Å². The quantitative estimate of drug-likeness (QED) is 0.0923. The van der Waals surface area contributed by atoms with E-state index in [1.807, 2.05) is 28.7 Å². The van der Waals surface area contributed by atoms with Crippen LogP contribution in [0, 0.1) is 7.14 Å². The van der Waals surface area contributed by atoms with E-state index in [-0.39, 0.29) is 28.7 Å². The number of anilines is 2. The van der Waals surface area contributed by atoms with Crippen LogP contribution in [-0.4, -0.2) is 28.0 Å². The van der Waals surface area contributed by atoms with Crippen molar-refractivity contribution >= 4 is 102 Å². The lowest BCUT2D eigenvalue weighted by Crippen LogP contribution is -2.16. The summed E-state index contributed by atoms with van der Waals surface area (Å²) in [6, 6.07) is 21.4.